The van der Waals surface area contributed by atoms with Crippen LogP contribution in [0.5, 0.6) is 5.75 Å². The largest absolute Gasteiger partial charge is 0.494 e. The summed E-state index contributed by atoms with van der Waals surface area (Å²) in [5.41, 5.74) is 1.88. The van der Waals surface area contributed by atoms with Gasteiger partial charge in [-0.2, -0.15) is 11.3 Å². The Morgan fingerprint density at radius 2 is 2.00 bits per heavy atom. The molecular weight excluding hydrogens is 320 g/mol. The third-order valence-electron chi connectivity index (χ3n) is 3.89. The van der Waals surface area contributed by atoms with Gasteiger partial charge in [0.25, 0.3) is 5.91 Å². The lowest BCUT2D eigenvalue weighted by Crippen LogP contribution is -2.34. The maximum Gasteiger partial charge on any atom is 0.251 e. The van der Waals surface area contributed by atoms with E-state index >= 15 is 0 Å². The average molecular weight is 346 g/mol. The summed E-state index contributed by atoms with van der Waals surface area (Å²) in [6, 6.07) is 9.61. The number of hydrogen-bond acceptors (Lipinski definition) is 4. The molecule has 0 aliphatic heterocycles. The molecule has 0 saturated carbocycles. The molecule has 0 saturated heterocycles. The van der Waals surface area contributed by atoms with Crippen molar-refractivity contribution in [1.29, 1.82) is 0 Å². The molecule has 1 atom stereocenters. The van der Waals surface area contributed by atoms with Crippen LogP contribution in [0.1, 0.15) is 41.7 Å². The minimum Gasteiger partial charge on any atom is -0.494 e. The van der Waals surface area contributed by atoms with Gasteiger partial charge in [-0.15, -0.1) is 0 Å². The number of hydrogen-bond donors (Lipinski definition) is 1. The van der Waals surface area contributed by atoms with Crippen molar-refractivity contribution < 1.29 is 9.53 Å². The smallest absolute Gasteiger partial charge is 0.251 e. The first kappa shape index (κ1) is 18.5. The molecule has 2 rings (SSSR count). The van der Waals surface area contributed by atoms with Crippen LogP contribution in [0, 0.1) is 0 Å². The van der Waals surface area contributed by atoms with Crippen LogP contribution < -0.4 is 10.1 Å². The van der Waals surface area contributed by atoms with Crippen LogP contribution in [-0.2, 0) is 0 Å². The fourth-order valence-corrected chi connectivity index (χ4v) is 3.10. The van der Waals surface area contributed by atoms with E-state index < -0.39 is 0 Å². The molecule has 0 aliphatic rings. The summed E-state index contributed by atoms with van der Waals surface area (Å²) in [6.07, 6.45) is 2.15. The molecule has 0 bridgehead atoms. The van der Waals surface area contributed by atoms with Gasteiger partial charge in [0, 0.05) is 12.1 Å². The first-order valence-corrected chi connectivity index (χ1v) is 9.25. The molecule has 1 unspecified atom stereocenters. The number of rotatable bonds is 9. The number of nitrogens with zero attached hydrogens (tertiary/aromatic N) is 1. The molecule has 5 heteroatoms. The third-order valence-corrected chi connectivity index (χ3v) is 4.59. The van der Waals surface area contributed by atoms with Crippen molar-refractivity contribution in [1.82, 2.24) is 10.2 Å². The predicted molar refractivity (Wildman–Crippen MR) is 99.9 cm³/mol. The lowest BCUT2D eigenvalue weighted by atomic mass is 10.1. The van der Waals surface area contributed by atoms with Gasteiger partial charge >= 0.3 is 0 Å². The van der Waals surface area contributed by atoms with Gasteiger partial charge in [-0.25, -0.2) is 0 Å². The van der Waals surface area contributed by atoms with Gasteiger partial charge < -0.3 is 15.0 Å². The fraction of sp³-hybridized carbons (Fsp3) is 0.421. The Morgan fingerprint density at radius 3 is 2.58 bits per heavy atom. The fourth-order valence-electron chi connectivity index (χ4n) is 2.39. The first-order valence-electron chi connectivity index (χ1n) is 8.31. The monoisotopic (exact) mass is 346 g/mol. The first-order chi connectivity index (χ1) is 11.6. The van der Waals surface area contributed by atoms with Crippen LogP contribution in [0.15, 0.2) is 41.1 Å². The highest BCUT2D eigenvalue weighted by atomic mass is 32.1. The van der Waals surface area contributed by atoms with Crippen molar-refractivity contribution in [2.45, 2.75) is 25.8 Å². The van der Waals surface area contributed by atoms with Crippen molar-refractivity contribution in [2.24, 2.45) is 0 Å². The molecule has 24 heavy (non-hydrogen) atoms. The molecule has 0 aliphatic carbocycles. The summed E-state index contributed by atoms with van der Waals surface area (Å²) in [5.74, 6) is 0.752. The van der Waals surface area contributed by atoms with Crippen LogP contribution in [0.2, 0.25) is 0 Å². The van der Waals surface area contributed by atoms with Crippen LogP contribution >= 0.6 is 11.3 Å². The molecule has 1 amide bonds. The number of carbonyl (C=O) groups is 1. The molecule has 1 aromatic heterocycles. The van der Waals surface area contributed by atoms with E-state index in [-0.39, 0.29) is 11.9 Å². The molecular formula is C19H26N2O2S. The van der Waals surface area contributed by atoms with Crippen molar-refractivity contribution in [3.8, 4) is 5.75 Å². The average Bonchev–Trinajstić information content (AvgIpc) is 3.09. The summed E-state index contributed by atoms with van der Waals surface area (Å²) in [7, 11) is 4.05. The standard InChI is InChI=1S/C19H26N2O2S/c1-4-5-11-23-17-8-6-15(7-9-17)19(22)20-13-18(21(2)3)16-10-12-24-14-16/h6-10,12,14,18H,4-5,11,13H2,1-3H3,(H,20,22). The summed E-state index contributed by atoms with van der Waals surface area (Å²) in [4.78, 5) is 14.5. The molecule has 1 aromatic carbocycles. The second-order valence-electron chi connectivity index (χ2n) is 5.97. The van der Waals surface area contributed by atoms with Gasteiger partial charge in [0.15, 0.2) is 0 Å². The lowest BCUT2D eigenvalue weighted by Gasteiger charge is -2.24. The molecule has 4 nitrogen and oxygen atoms in total. The third kappa shape index (κ3) is 5.35. The van der Waals surface area contributed by atoms with Gasteiger partial charge in [-0.3, -0.25) is 4.79 Å². The van der Waals surface area contributed by atoms with E-state index in [0.717, 1.165) is 18.6 Å². The molecule has 1 heterocycles. The molecule has 0 radical (unpaired) electrons. The van der Waals surface area contributed by atoms with Crippen LogP contribution in [-0.4, -0.2) is 38.1 Å². The maximum absolute atomic E-state index is 12.3. The van der Waals surface area contributed by atoms with E-state index in [4.69, 9.17) is 4.74 Å². The minimum atomic E-state index is -0.0582. The van der Waals surface area contributed by atoms with E-state index in [1.165, 1.54) is 5.56 Å². The molecule has 130 valence electrons. The molecule has 0 fully saturated rings. The van der Waals surface area contributed by atoms with Crippen LogP contribution in [0.25, 0.3) is 0 Å². The zero-order valence-corrected chi connectivity index (χ0v) is 15.4. The van der Waals surface area contributed by atoms with Gasteiger partial charge in [-0.1, -0.05) is 13.3 Å². The Kier molecular flexibility index (Phi) is 7.28. The van der Waals surface area contributed by atoms with Crippen molar-refractivity contribution in [3.63, 3.8) is 0 Å². The molecule has 0 spiro atoms. The predicted octanol–water partition coefficient (Wildman–Crippen LogP) is 3.96. The molecule has 2 aromatic rings. The molecule has 1 N–H and O–H groups in total. The Balaban J connectivity index is 1.89. The van der Waals surface area contributed by atoms with Gasteiger partial charge in [-0.05, 0) is 67.2 Å². The highest BCUT2D eigenvalue weighted by Gasteiger charge is 2.16. The highest BCUT2D eigenvalue weighted by molar-refractivity contribution is 7.07. The Bertz CT molecular complexity index is 609. The Labute approximate surface area is 148 Å². The topological polar surface area (TPSA) is 41.6 Å². The van der Waals surface area contributed by atoms with Gasteiger partial charge in [0.1, 0.15) is 5.75 Å². The van der Waals surface area contributed by atoms with Gasteiger partial charge in [0.2, 0.25) is 0 Å². The van der Waals surface area contributed by atoms with E-state index in [1.54, 1.807) is 11.3 Å². The second-order valence-corrected chi connectivity index (χ2v) is 6.75. The summed E-state index contributed by atoms with van der Waals surface area (Å²) >= 11 is 1.67. The van der Waals surface area contributed by atoms with Crippen LogP contribution in [0.4, 0.5) is 0 Å². The number of ether oxygens (including phenoxy) is 1. The van der Waals surface area contributed by atoms with E-state index in [2.05, 4.69) is 34.0 Å². The van der Waals surface area contributed by atoms with E-state index in [1.807, 2.05) is 38.4 Å². The number of unbranched alkanes of at least 4 members (excludes halogenated alkanes) is 1. The number of carbonyl (C=O) groups excluding carboxylic acids is 1. The number of thiophene rings is 1. The number of benzene rings is 1. The highest BCUT2D eigenvalue weighted by Crippen LogP contribution is 2.20. The zero-order valence-electron chi connectivity index (χ0n) is 14.6. The Morgan fingerprint density at radius 1 is 1.25 bits per heavy atom. The van der Waals surface area contributed by atoms with Crippen molar-refractivity contribution >= 4 is 17.2 Å². The Hall–Kier alpha value is -1.85. The maximum atomic E-state index is 12.3. The van der Waals surface area contributed by atoms with E-state index in [0.29, 0.717) is 18.7 Å². The quantitative estimate of drug-likeness (QED) is 0.699. The normalized spacial score (nSPS) is 12.2. The second kappa shape index (κ2) is 9.45. The van der Waals surface area contributed by atoms with Crippen molar-refractivity contribution in [3.05, 3.63) is 52.2 Å². The number of likely N-dealkylation sites (N-methyl/N-ethyl adjacent to an activating group) is 1. The number of amides is 1. The zero-order chi connectivity index (χ0) is 17.4. The van der Waals surface area contributed by atoms with Crippen molar-refractivity contribution in [2.75, 3.05) is 27.2 Å². The number of nitrogens with one attached hydrogen (secondary N) is 1. The summed E-state index contributed by atoms with van der Waals surface area (Å²) in [5, 5.41) is 7.21. The lowest BCUT2D eigenvalue weighted by molar-refractivity contribution is 0.0942. The SMILES string of the molecule is CCCCOc1ccc(C(=O)NCC(c2ccsc2)N(C)C)cc1. The summed E-state index contributed by atoms with van der Waals surface area (Å²) < 4.78 is 5.62. The summed E-state index contributed by atoms with van der Waals surface area (Å²) in [6.45, 7) is 3.43. The van der Waals surface area contributed by atoms with Crippen LogP contribution in [0.3, 0.4) is 0 Å². The van der Waals surface area contributed by atoms with Gasteiger partial charge in [0.05, 0.1) is 12.6 Å². The van der Waals surface area contributed by atoms with E-state index in [9.17, 15) is 4.79 Å². The minimum absolute atomic E-state index is 0.0582.